The summed E-state index contributed by atoms with van der Waals surface area (Å²) >= 11 is 0. The van der Waals surface area contributed by atoms with Crippen LogP contribution < -0.4 is 10.6 Å². The summed E-state index contributed by atoms with van der Waals surface area (Å²) in [6, 6.07) is 3.98. The Morgan fingerprint density at radius 2 is 2.15 bits per heavy atom. The third kappa shape index (κ3) is 3.37. The topological polar surface area (TPSA) is 54.2 Å². The van der Waals surface area contributed by atoms with E-state index in [0.29, 0.717) is 30.9 Å². The van der Waals surface area contributed by atoms with Crippen LogP contribution in [-0.4, -0.2) is 39.7 Å². The van der Waals surface area contributed by atoms with Crippen molar-refractivity contribution >= 4 is 11.5 Å². The molecular formula is C19H20F3N5. The number of fused-ring (bicyclic) bond motifs is 1. The highest BCUT2D eigenvalue weighted by Gasteiger charge is 2.26. The molecule has 142 valence electrons. The van der Waals surface area contributed by atoms with Crippen LogP contribution in [0.5, 0.6) is 0 Å². The SMILES string of the molecule is CCc1ccn2c(-c3nc(N[C@@H]4CNCC[C@H]4F)c(F)cc3F)cnc2c1. The number of imidazole rings is 1. The van der Waals surface area contributed by atoms with Gasteiger partial charge in [0.15, 0.2) is 17.5 Å². The molecule has 5 nitrogen and oxygen atoms in total. The fourth-order valence-corrected chi connectivity index (χ4v) is 3.31. The van der Waals surface area contributed by atoms with E-state index >= 15 is 0 Å². The van der Waals surface area contributed by atoms with Gasteiger partial charge in [0.05, 0.1) is 17.9 Å². The first kappa shape index (κ1) is 17.8. The largest absolute Gasteiger partial charge is 0.361 e. The molecule has 0 unspecified atom stereocenters. The smallest absolute Gasteiger partial charge is 0.168 e. The van der Waals surface area contributed by atoms with Gasteiger partial charge in [-0.05, 0) is 37.1 Å². The summed E-state index contributed by atoms with van der Waals surface area (Å²) in [6.45, 7) is 2.96. The average molecular weight is 375 g/mol. The second kappa shape index (κ2) is 7.19. The Morgan fingerprint density at radius 3 is 2.93 bits per heavy atom. The number of nitrogens with zero attached hydrogens (tertiary/aromatic N) is 3. The lowest BCUT2D eigenvalue weighted by Gasteiger charge is -2.28. The molecule has 4 heterocycles. The molecule has 2 atom stereocenters. The molecule has 0 aliphatic carbocycles. The second-order valence-electron chi connectivity index (χ2n) is 6.67. The van der Waals surface area contributed by atoms with Crippen LogP contribution >= 0.6 is 0 Å². The van der Waals surface area contributed by atoms with Crippen molar-refractivity contribution in [1.82, 2.24) is 19.7 Å². The fraction of sp³-hybridized carbons (Fsp3) is 0.368. The molecule has 0 radical (unpaired) electrons. The Labute approximate surface area is 154 Å². The zero-order valence-electron chi connectivity index (χ0n) is 14.8. The summed E-state index contributed by atoms with van der Waals surface area (Å²) in [5, 5.41) is 5.83. The first-order chi connectivity index (χ1) is 13.1. The maximum absolute atomic E-state index is 14.5. The first-order valence-corrected chi connectivity index (χ1v) is 9.00. The van der Waals surface area contributed by atoms with Gasteiger partial charge in [0.2, 0.25) is 0 Å². The van der Waals surface area contributed by atoms with Gasteiger partial charge in [-0.1, -0.05) is 6.92 Å². The zero-order chi connectivity index (χ0) is 19.0. The number of piperidine rings is 1. The van der Waals surface area contributed by atoms with Gasteiger partial charge in [-0.2, -0.15) is 0 Å². The first-order valence-electron chi connectivity index (χ1n) is 9.00. The molecule has 1 saturated heterocycles. The zero-order valence-corrected chi connectivity index (χ0v) is 14.8. The molecule has 4 rings (SSSR count). The normalized spacial score (nSPS) is 20.1. The standard InChI is InChI=1S/C19H20F3N5/c1-2-11-4-6-27-16(10-24-17(27)7-11)18-13(21)8-14(22)19(26-18)25-15-9-23-5-3-12(15)20/h4,6-8,10,12,15,23H,2-3,5,9H2,1H3,(H,25,26)/t12-,15-/m1/s1. The Balaban J connectivity index is 1.73. The van der Waals surface area contributed by atoms with E-state index in [1.807, 2.05) is 19.1 Å². The molecule has 3 aromatic heterocycles. The minimum atomic E-state index is -1.12. The van der Waals surface area contributed by atoms with Gasteiger partial charge in [0, 0.05) is 18.8 Å². The average Bonchev–Trinajstić information content (AvgIpc) is 3.08. The number of hydrogen-bond acceptors (Lipinski definition) is 4. The van der Waals surface area contributed by atoms with Gasteiger partial charge in [-0.25, -0.2) is 23.1 Å². The van der Waals surface area contributed by atoms with Crippen LogP contribution in [0.3, 0.4) is 0 Å². The number of hydrogen-bond donors (Lipinski definition) is 2. The third-order valence-electron chi connectivity index (χ3n) is 4.88. The monoisotopic (exact) mass is 375 g/mol. The molecule has 2 N–H and O–H groups in total. The summed E-state index contributed by atoms with van der Waals surface area (Å²) in [5.74, 6) is -1.81. The van der Waals surface area contributed by atoms with Crippen molar-refractivity contribution < 1.29 is 13.2 Å². The van der Waals surface area contributed by atoms with Crippen molar-refractivity contribution in [2.45, 2.75) is 32.0 Å². The minimum Gasteiger partial charge on any atom is -0.361 e. The molecule has 3 aromatic rings. The van der Waals surface area contributed by atoms with Gasteiger partial charge in [-0.15, -0.1) is 0 Å². The van der Waals surface area contributed by atoms with Crippen LogP contribution in [0, 0.1) is 11.6 Å². The van der Waals surface area contributed by atoms with Crippen LogP contribution in [0.1, 0.15) is 18.9 Å². The van der Waals surface area contributed by atoms with Gasteiger partial charge in [0.25, 0.3) is 0 Å². The summed E-state index contributed by atoms with van der Waals surface area (Å²) in [6.07, 6.45) is 3.36. The number of alkyl halides is 1. The van der Waals surface area contributed by atoms with Crippen molar-refractivity contribution in [3.8, 4) is 11.4 Å². The van der Waals surface area contributed by atoms with Gasteiger partial charge >= 0.3 is 0 Å². The Hall–Kier alpha value is -2.61. The lowest BCUT2D eigenvalue weighted by Crippen LogP contribution is -2.46. The van der Waals surface area contributed by atoms with E-state index in [2.05, 4.69) is 20.6 Å². The van der Waals surface area contributed by atoms with Crippen LogP contribution in [0.4, 0.5) is 19.0 Å². The van der Waals surface area contributed by atoms with Crippen molar-refractivity contribution in [1.29, 1.82) is 0 Å². The number of anilines is 1. The highest BCUT2D eigenvalue weighted by molar-refractivity contribution is 5.63. The lowest BCUT2D eigenvalue weighted by molar-refractivity contribution is 0.240. The Morgan fingerprint density at radius 1 is 1.30 bits per heavy atom. The Kier molecular flexibility index (Phi) is 4.73. The van der Waals surface area contributed by atoms with Crippen LogP contribution in [-0.2, 0) is 6.42 Å². The molecule has 1 fully saturated rings. The number of aromatic nitrogens is 3. The number of rotatable bonds is 4. The molecule has 1 aliphatic rings. The molecule has 0 amide bonds. The summed E-state index contributed by atoms with van der Waals surface area (Å²) < 4.78 is 44.5. The van der Waals surface area contributed by atoms with Crippen LogP contribution in [0.2, 0.25) is 0 Å². The van der Waals surface area contributed by atoms with Crippen molar-refractivity contribution in [2.24, 2.45) is 0 Å². The van der Waals surface area contributed by atoms with E-state index in [9.17, 15) is 13.2 Å². The molecule has 0 saturated carbocycles. The summed E-state index contributed by atoms with van der Waals surface area (Å²) in [7, 11) is 0. The molecule has 8 heteroatoms. The predicted octanol–water partition coefficient (Wildman–Crippen LogP) is 3.35. The number of pyridine rings is 2. The van der Waals surface area contributed by atoms with E-state index < -0.39 is 23.8 Å². The highest BCUT2D eigenvalue weighted by Crippen LogP contribution is 2.27. The van der Waals surface area contributed by atoms with E-state index in [1.54, 1.807) is 10.6 Å². The van der Waals surface area contributed by atoms with Crippen LogP contribution in [0.25, 0.3) is 17.0 Å². The number of halogens is 3. The van der Waals surface area contributed by atoms with E-state index in [-0.39, 0.29) is 11.5 Å². The maximum Gasteiger partial charge on any atom is 0.168 e. The Bertz CT molecular complexity index is 971. The molecule has 0 aromatic carbocycles. The van der Waals surface area contributed by atoms with Gasteiger partial charge in [-0.3, -0.25) is 4.40 Å². The highest BCUT2D eigenvalue weighted by atomic mass is 19.1. The lowest BCUT2D eigenvalue weighted by atomic mass is 10.1. The third-order valence-corrected chi connectivity index (χ3v) is 4.88. The predicted molar refractivity (Wildman–Crippen MR) is 97.5 cm³/mol. The summed E-state index contributed by atoms with van der Waals surface area (Å²) in [5.41, 5.74) is 2.14. The van der Waals surface area contributed by atoms with E-state index in [0.717, 1.165) is 18.1 Å². The number of nitrogens with one attached hydrogen (secondary N) is 2. The molecule has 0 spiro atoms. The molecule has 1 aliphatic heterocycles. The van der Waals surface area contributed by atoms with Gasteiger partial charge in [0.1, 0.15) is 17.5 Å². The van der Waals surface area contributed by atoms with Crippen molar-refractivity contribution in [2.75, 3.05) is 18.4 Å². The van der Waals surface area contributed by atoms with Crippen molar-refractivity contribution in [3.05, 3.63) is 47.8 Å². The number of aryl methyl sites for hydroxylation is 1. The van der Waals surface area contributed by atoms with E-state index in [1.165, 1.54) is 6.20 Å². The quantitative estimate of drug-likeness (QED) is 0.734. The maximum atomic E-state index is 14.5. The minimum absolute atomic E-state index is 0.0326. The fourth-order valence-electron chi connectivity index (χ4n) is 3.31. The van der Waals surface area contributed by atoms with Gasteiger partial charge < -0.3 is 10.6 Å². The molecule has 0 bridgehead atoms. The molecular weight excluding hydrogens is 355 g/mol. The van der Waals surface area contributed by atoms with E-state index in [4.69, 9.17) is 0 Å². The van der Waals surface area contributed by atoms with Crippen molar-refractivity contribution in [3.63, 3.8) is 0 Å². The van der Waals surface area contributed by atoms with Crippen LogP contribution in [0.15, 0.2) is 30.6 Å². The summed E-state index contributed by atoms with van der Waals surface area (Å²) in [4.78, 5) is 8.42. The second-order valence-corrected chi connectivity index (χ2v) is 6.67. The molecule has 27 heavy (non-hydrogen) atoms.